The van der Waals surface area contributed by atoms with Crippen molar-refractivity contribution in [1.82, 2.24) is 0 Å². The van der Waals surface area contributed by atoms with E-state index >= 15 is 0 Å². The third-order valence-corrected chi connectivity index (χ3v) is 5.11. The first kappa shape index (κ1) is 19.5. The van der Waals surface area contributed by atoms with Crippen LogP contribution in [-0.2, 0) is 4.79 Å². The van der Waals surface area contributed by atoms with Gasteiger partial charge in [-0.1, -0.05) is 42.5 Å². The van der Waals surface area contributed by atoms with E-state index in [9.17, 15) is 4.79 Å². The van der Waals surface area contributed by atoms with E-state index in [0.717, 1.165) is 33.9 Å². The number of rotatable bonds is 5. The number of methoxy groups -OCH3 is 1. The van der Waals surface area contributed by atoms with Crippen molar-refractivity contribution in [3.05, 3.63) is 102 Å². The van der Waals surface area contributed by atoms with Crippen molar-refractivity contribution in [1.29, 1.82) is 0 Å². The Morgan fingerprint density at radius 3 is 2.13 bits per heavy atom. The van der Waals surface area contributed by atoms with Gasteiger partial charge in [0.1, 0.15) is 5.75 Å². The smallest absolute Gasteiger partial charge is 0.262 e. The number of amides is 1. The zero-order valence-electron chi connectivity index (χ0n) is 17.4. The molecule has 4 nitrogen and oxygen atoms in total. The van der Waals surface area contributed by atoms with Crippen LogP contribution in [0.1, 0.15) is 11.1 Å². The first-order valence-corrected chi connectivity index (χ1v) is 9.81. The minimum Gasteiger partial charge on any atom is -0.497 e. The second-order valence-electron chi connectivity index (χ2n) is 7.32. The highest BCUT2D eigenvalue weighted by Crippen LogP contribution is 2.35. The molecule has 0 saturated heterocycles. The van der Waals surface area contributed by atoms with E-state index in [-0.39, 0.29) is 5.91 Å². The molecule has 30 heavy (non-hydrogen) atoms. The Labute approximate surface area is 177 Å². The second kappa shape index (κ2) is 8.29. The molecular weight excluding hydrogens is 372 g/mol. The van der Waals surface area contributed by atoms with E-state index in [1.54, 1.807) is 12.0 Å². The molecule has 1 amide bonds. The third-order valence-electron chi connectivity index (χ3n) is 5.11. The van der Waals surface area contributed by atoms with Crippen LogP contribution >= 0.6 is 0 Å². The summed E-state index contributed by atoms with van der Waals surface area (Å²) in [6, 6.07) is 25.7. The molecule has 0 unspecified atom stereocenters. The molecule has 0 radical (unpaired) electrons. The molecule has 0 atom stereocenters. The van der Waals surface area contributed by atoms with Gasteiger partial charge in [0, 0.05) is 31.0 Å². The monoisotopic (exact) mass is 396 g/mol. The Morgan fingerprint density at radius 1 is 0.867 bits per heavy atom. The number of carbonyl (C=O) groups excluding carboxylic acids is 1. The molecule has 0 aromatic heterocycles. The van der Waals surface area contributed by atoms with E-state index in [4.69, 9.17) is 4.74 Å². The molecule has 0 bridgehead atoms. The fraction of sp³-hybridized carbons (Fsp3) is 0.115. The standard InChI is InChI=1S/C26H24N2O2/c1-27(2)22-11-13-23(14-12-22)28-25(20-7-5-4-6-8-20)18-21(26(28)29)17-19-9-15-24(30-3)16-10-19/h4-18H,1-3H3/b21-17-. The van der Waals surface area contributed by atoms with Crippen molar-refractivity contribution in [3.8, 4) is 5.75 Å². The number of hydrogen-bond donors (Lipinski definition) is 0. The summed E-state index contributed by atoms with van der Waals surface area (Å²) in [7, 11) is 5.64. The second-order valence-corrected chi connectivity index (χ2v) is 7.32. The highest BCUT2D eigenvalue weighted by molar-refractivity contribution is 6.23. The van der Waals surface area contributed by atoms with Crippen LogP contribution in [0, 0.1) is 0 Å². The molecule has 0 N–H and O–H groups in total. The summed E-state index contributed by atoms with van der Waals surface area (Å²) in [5, 5.41) is 0. The average molecular weight is 396 g/mol. The lowest BCUT2D eigenvalue weighted by Gasteiger charge is -2.22. The first-order valence-electron chi connectivity index (χ1n) is 9.81. The van der Waals surface area contributed by atoms with E-state index in [2.05, 4.69) is 0 Å². The number of benzene rings is 3. The maximum absolute atomic E-state index is 13.4. The Hall–Kier alpha value is -3.79. The molecule has 150 valence electrons. The minimum absolute atomic E-state index is 0.0396. The fourth-order valence-electron chi connectivity index (χ4n) is 3.47. The maximum atomic E-state index is 13.4. The Bertz CT molecular complexity index is 1100. The lowest BCUT2D eigenvalue weighted by atomic mass is 10.1. The summed E-state index contributed by atoms with van der Waals surface area (Å²) in [4.78, 5) is 17.2. The zero-order valence-corrected chi connectivity index (χ0v) is 17.4. The molecule has 0 aliphatic carbocycles. The van der Waals surface area contributed by atoms with E-state index in [1.165, 1.54) is 0 Å². The van der Waals surface area contributed by atoms with Crippen LogP contribution < -0.4 is 14.5 Å². The van der Waals surface area contributed by atoms with Gasteiger partial charge in [0.25, 0.3) is 5.91 Å². The predicted molar refractivity (Wildman–Crippen MR) is 124 cm³/mol. The van der Waals surface area contributed by atoms with Gasteiger partial charge in [-0.3, -0.25) is 9.69 Å². The molecule has 1 heterocycles. The summed E-state index contributed by atoms with van der Waals surface area (Å²) in [5.41, 5.74) is 5.41. The Morgan fingerprint density at radius 2 is 1.53 bits per heavy atom. The minimum atomic E-state index is -0.0396. The lowest BCUT2D eigenvalue weighted by molar-refractivity contribution is -0.113. The summed E-state index contributed by atoms with van der Waals surface area (Å²) in [5.74, 6) is 0.750. The molecule has 4 rings (SSSR count). The van der Waals surface area contributed by atoms with Crippen LogP contribution in [0.3, 0.4) is 0 Å². The first-order chi connectivity index (χ1) is 14.6. The van der Waals surface area contributed by atoms with Gasteiger partial charge in [0.2, 0.25) is 0 Å². The largest absolute Gasteiger partial charge is 0.497 e. The molecule has 3 aromatic carbocycles. The summed E-state index contributed by atoms with van der Waals surface area (Å²) >= 11 is 0. The summed E-state index contributed by atoms with van der Waals surface area (Å²) in [6.07, 6.45) is 3.88. The Balaban J connectivity index is 1.75. The fourth-order valence-corrected chi connectivity index (χ4v) is 3.47. The van der Waals surface area contributed by atoms with Crippen LogP contribution in [0.2, 0.25) is 0 Å². The average Bonchev–Trinajstić information content (AvgIpc) is 3.11. The van der Waals surface area contributed by atoms with Crippen LogP contribution in [-0.4, -0.2) is 27.1 Å². The highest BCUT2D eigenvalue weighted by atomic mass is 16.5. The van der Waals surface area contributed by atoms with Crippen molar-refractivity contribution < 1.29 is 9.53 Å². The van der Waals surface area contributed by atoms with E-state index in [1.807, 2.05) is 110 Å². The van der Waals surface area contributed by atoms with Gasteiger partial charge in [-0.2, -0.15) is 0 Å². The third kappa shape index (κ3) is 3.85. The van der Waals surface area contributed by atoms with Gasteiger partial charge in [-0.25, -0.2) is 0 Å². The zero-order chi connectivity index (χ0) is 21.1. The van der Waals surface area contributed by atoms with Gasteiger partial charge in [0.15, 0.2) is 0 Å². The van der Waals surface area contributed by atoms with Crippen molar-refractivity contribution >= 4 is 29.1 Å². The van der Waals surface area contributed by atoms with Gasteiger partial charge in [-0.15, -0.1) is 0 Å². The lowest BCUT2D eigenvalue weighted by Crippen LogP contribution is -2.25. The van der Waals surface area contributed by atoms with Crippen molar-refractivity contribution in [3.63, 3.8) is 0 Å². The number of nitrogens with zero attached hydrogens (tertiary/aromatic N) is 2. The van der Waals surface area contributed by atoms with Crippen LogP contribution in [0.25, 0.3) is 11.8 Å². The molecule has 1 aliphatic heterocycles. The normalized spacial score (nSPS) is 14.8. The van der Waals surface area contributed by atoms with Gasteiger partial charge >= 0.3 is 0 Å². The number of anilines is 2. The molecule has 3 aromatic rings. The summed E-state index contributed by atoms with van der Waals surface area (Å²) in [6.45, 7) is 0. The van der Waals surface area contributed by atoms with Crippen LogP contribution in [0.5, 0.6) is 5.75 Å². The number of ether oxygens (including phenoxy) is 1. The highest BCUT2D eigenvalue weighted by Gasteiger charge is 2.30. The van der Waals surface area contributed by atoms with Crippen molar-refractivity contribution in [2.24, 2.45) is 0 Å². The predicted octanol–water partition coefficient (Wildman–Crippen LogP) is 5.23. The molecular formula is C26H24N2O2. The van der Waals surface area contributed by atoms with Crippen LogP contribution in [0.4, 0.5) is 11.4 Å². The topological polar surface area (TPSA) is 32.8 Å². The summed E-state index contributed by atoms with van der Waals surface area (Å²) < 4.78 is 5.23. The van der Waals surface area contributed by atoms with E-state index < -0.39 is 0 Å². The SMILES string of the molecule is COc1ccc(/C=C2/C=C(c3ccccc3)N(c3ccc(N(C)C)cc3)C2=O)cc1. The van der Waals surface area contributed by atoms with Gasteiger partial charge < -0.3 is 9.64 Å². The molecule has 4 heteroatoms. The van der Waals surface area contributed by atoms with Gasteiger partial charge in [-0.05, 0) is 59.7 Å². The molecule has 1 aliphatic rings. The van der Waals surface area contributed by atoms with Crippen molar-refractivity contribution in [2.75, 3.05) is 31.0 Å². The van der Waals surface area contributed by atoms with Crippen LogP contribution in [0.15, 0.2) is 90.5 Å². The molecule has 0 saturated carbocycles. The van der Waals surface area contributed by atoms with E-state index in [0.29, 0.717) is 5.57 Å². The number of hydrogen-bond acceptors (Lipinski definition) is 3. The Kier molecular flexibility index (Phi) is 5.40. The van der Waals surface area contributed by atoms with Gasteiger partial charge in [0.05, 0.1) is 12.8 Å². The molecule has 0 spiro atoms. The molecule has 0 fully saturated rings. The quantitative estimate of drug-likeness (QED) is 0.554. The van der Waals surface area contributed by atoms with Crippen molar-refractivity contribution in [2.45, 2.75) is 0 Å². The number of carbonyl (C=O) groups is 1. The maximum Gasteiger partial charge on any atom is 0.262 e.